The summed E-state index contributed by atoms with van der Waals surface area (Å²) in [5.41, 5.74) is 2.98. The molecule has 1 aromatic rings. The first-order valence-corrected chi connectivity index (χ1v) is 8.17. The van der Waals surface area contributed by atoms with Crippen LogP contribution in [0.25, 0.3) is 0 Å². The molecule has 0 unspecified atom stereocenters. The first-order valence-electron chi connectivity index (χ1n) is 7.35. The molecular formula is C17H22N2OS. The highest BCUT2D eigenvalue weighted by Crippen LogP contribution is 2.30. The highest BCUT2D eigenvalue weighted by Gasteiger charge is 2.20. The van der Waals surface area contributed by atoms with Gasteiger partial charge in [-0.25, -0.2) is 0 Å². The van der Waals surface area contributed by atoms with Crippen LogP contribution in [0.1, 0.15) is 48.2 Å². The number of hydrogen-bond donors (Lipinski definition) is 0. The van der Waals surface area contributed by atoms with Gasteiger partial charge in [0.25, 0.3) is 0 Å². The molecule has 21 heavy (non-hydrogen) atoms. The number of hydrazone groups is 1. The van der Waals surface area contributed by atoms with Crippen molar-refractivity contribution in [3.05, 3.63) is 46.0 Å². The van der Waals surface area contributed by atoms with Crippen LogP contribution >= 0.6 is 11.8 Å². The Bertz CT molecular complexity index is 605. The normalized spacial score (nSPS) is 16.5. The molecule has 0 saturated heterocycles. The Balaban J connectivity index is 2.22. The second-order valence-corrected chi connectivity index (χ2v) is 6.51. The van der Waals surface area contributed by atoms with Crippen molar-refractivity contribution in [3.63, 3.8) is 0 Å². The number of ketones is 1. The monoisotopic (exact) mass is 302 g/mol. The molecule has 0 amide bonds. The summed E-state index contributed by atoms with van der Waals surface area (Å²) in [5, 5.41) is 8.37. The van der Waals surface area contributed by atoms with Crippen LogP contribution in [-0.4, -0.2) is 22.4 Å². The van der Waals surface area contributed by atoms with Crippen molar-refractivity contribution in [1.29, 1.82) is 0 Å². The fourth-order valence-electron chi connectivity index (χ4n) is 2.22. The van der Waals surface area contributed by atoms with Gasteiger partial charge in [0.1, 0.15) is 5.03 Å². The largest absolute Gasteiger partial charge is 0.289 e. The topological polar surface area (TPSA) is 32.7 Å². The molecule has 4 heteroatoms. The average Bonchev–Trinajstić information content (AvgIpc) is 2.79. The predicted molar refractivity (Wildman–Crippen MR) is 90.6 cm³/mol. The SMILES string of the molecule is CCCCN1N=C(C)SC1=CC(=O)c1cccc(C)c1C. The maximum atomic E-state index is 12.5. The van der Waals surface area contributed by atoms with E-state index < -0.39 is 0 Å². The molecule has 0 saturated carbocycles. The summed E-state index contributed by atoms with van der Waals surface area (Å²) in [4.78, 5) is 12.5. The van der Waals surface area contributed by atoms with Crippen molar-refractivity contribution < 1.29 is 4.79 Å². The van der Waals surface area contributed by atoms with Crippen molar-refractivity contribution in [3.8, 4) is 0 Å². The first-order chi connectivity index (χ1) is 10.0. The number of thioether (sulfide) groups is 1. The molecule has 0 spiro atoms. The third-order valence-corrected chi connectivity index (χ3v) is 4.53. The minimum atomic E-state index is 0.0603. The van der Waals surface area contributed by atoms with E-state index in [-0.39, 0.29) is 5.78 Å². The van der Waals surface area contributed by atoms with Gasteiger partial charge in [0, 0.05) is 18.2 Å². The highest BCUT2D eigenvalue weighted by molar-refractivity contribution is 8.17. The summed E-state index contributed by atoms with van der Waals surface area (Å²) in [6.07, 6.45) is 3.92. The minimum absolute atomic E-state index is 0.0603. The molecular weight excluding hydrogens is 280 g/mol. The lowest BCUT2D eigenvalue weighted by Crippen LogP contribution is -2.14. The van der Waals surface area contributed by atoms with Crippen LogP contribution < -0.4 is 0 Å². The summed E-state index contributed by atoms with van der Waals surface area (Å²) in [6.45, 7) is 9.04. The fraction of sp³-hybridized carbons (Fsp3) is 0.412. The molecule has 1 heterocycles. The van der Waals surface area contributed by atoms with E-state index in [1.54, 1.807) is 17.8 Å². The van der Waals surface area contributed by atoms with Gasteiger partial charge in [-0.2, -0.15) is 5.10 Å². The molecule has 2 rings (SSSR count). The Morgan fingerprint density at radius 3 is 2.81 bits per heavy atom. The maximum Gasteiger partial charge on any atom is 0.188 e. The lowest BCUT2D eigenvalue weighted by atomic mass is 10.0. The Labute approximate surface area is 131 Å². The number of allylic oxidation sites excluding steroid dienone is 1. The van der Waals surface area contributed by atoms with E-state index in [4.69, 9.17) is 0 Å². The third-order valence-electron chi connectivity index (χ3n) is 3.62. The van der Waals surface area contributed by atoms with Crippen molar-refractivity contribution in [2.75, 3.05) is 6.54 Å². The van der Waals surface area contributed by atoms with Crippen molar-refractivity contribution in [2.24, 2.45) is 5.10 Å². The molecule has 0 aliphatic carbocycles. The lowest BCUT2D eigenvalue weighted by Gasteiger charge is -2.14. The predicted octanol–water partition coefficient (Wildman–Crippen LogP) is 4.51. The zero-order chi connectivity index (χ0) is 15.4. The van der Waals surface area contributed by atoms with E-state index in [0.29, 0.717) is 0 Å². The maximum absolute atomic E-state index is 12.5. The number of benzene rings is 1. The van der Waals surface area contributed by atoms with Crippen LogP contribution in [0.5, 0.6) is 0 Å². The number of carbonyl (C=O) groups excluding carboxylic acids is 1. The minimum Gasteiger partial charge on any atom is -0.289 e. The van der Waals surface area contributed by atoms with Gasteiger partial charge in [0.15, 0.2) is 5.78 Å². The third kappa shape index (κ3) is 3.76. The van der Waals surface area contributed by atoms with Gasteiger partial charge in [-0.15, -0.1) is 0 Å². The van der Waals surface area contributed by atoms with E-state index >= 15 is 0 Å². The van der Waals surface area contributed by atoms with E-state index in [1.807, 2.05) is 44.0 Å². The van der Waals surface area contributed by atoms with E-state index in [2.05, 4.69) is 12.0 Å². The zero-order valence-corrected chi connectivity index (χ0v) is 14.0. The van der Waals surface area contributed by atoms with Crippen LogP contribution in [-0.2, 0) is 0 Å². The molecule has 0 bridgehead atoms. The average molecular weight is 302 g/mol. The number of hydrogen-bond acceptors (Lipinski definition) is 4. The van der Waals surface area contributed by atoms with Gasteiger partial charge in [-0.05, 0) is 38.3 Å². The fourth-order valence-corrected chi connectivity index (χ4v) is 3.07. The van der Waals surface area contributed by atoms with Crippen molar-refractivity contribution in [1.82, 2.24) is 5.01 Å². The van der Waals surface area contributed by atoms with Crippen LogP contribution in [0.4, 0.5) is 0 Å². The highest BCUT2D eigenvalue weighted by atomic mass is 32.2. The van der Waals surface area contributed by atoms with Gasteiger partial charge < -0.3 is 0 Å². The summed E-state index contributed by atoms with van der Waals surface area (Å²) in [7, 11) is 0. The van der Waals surface area contributed by atoms with Crippen LogP contribution in [0, 0.1) is 13.8 Å². The van der Waals surface area contributed by atoms with Crippen molar-refractivity contribution >= 4 is 22.6 Å². The second-order valence-electron chi connectivity index (χ2n) is 5.29. The number of nitrogens with zero attached hydrogens (tertiary/aromatic N) is 2. The second kappa shape index (κ2) is 6.94. The Hall–Kier alpha value is -1.55. The smallest absolute Gasteiger partial charge is 0.188 e. The van der Waals surface area contributed by atoms with E-state index in [1.165, 1.54) is 0 Å². The van der Waals surface area contributed by atoms with Gasteiger partial charge in [-0.1, -0.05) is 43.3 Å². The number of unbranched alkanes of at least 4 members (excludes halogenated alkanes) is 1. The number of carbonyl (C=O) groups is 1. The van der Waals surface area contributed by atoms with Gasteiger partial charge in [0.2, 0.25) is 0 Å². The van der Waals surface area contributed by atoms with Gasteiger partial charge in [-0.3, -0.25) is 9.80 Å². The van der Waals surface area contributed by atoms with Crippen LogP contribution in [0.3, 0.4) is 0 Å². The molecule has 112 valence electrons. The Morgan fingerprint density at radius 2 is 2.10 bits per heavy atom. The first kappa shape index (κ1) is 15.8. The Kier molecular flexibility index (Phi) is 5.23. The number of rotatable bonds is 5. The molecule has 0 radical (unpaired) electrons. The molecule has 1 aliphatic rings. The quantitative estimate of drug-likeness (QED) is 0.592. The lowest BCUT2D eigenvalue weighted by molar-refractivity contribution is 0.104. The molecule has 1 aromatic carbocycles. The summed E-state index contributed by atoms with van der Waals surface area (Å²) < 4.78 is 0. The van der Waals surface area contributed by atoms with Gasteiger partial charge >= 0.3 is 0 Å². The standard InChI is InChI=1S/C17H22N2OS/c1-5-6-10-19-17(21-14(4)18-19)11-16(20)15-9-7-8-12(2)13(15)3/h7-9,11H,5-6,10H2,1-4H3. The summed E-state index contributed by atoms with van der Waals surface area (Å²) in [6, 6.07) is 5.86. The molecule has 3 nitrogen and oxygen atoms in total. The van der Waals surface area contributed by atoms with E-state index in [0.717, 1.165) is 46.1 Å². The van der Waals surface area contributed by atoms with E-state index in [9.17, 15) is 4.79 Å². The number of aryl methyl sites for hydroxylation is 1. The molecule has 0 N–H and O–H groups in total. The van der Waals surface area contributed by atoms with Gasteiger partial charge in [0.05, 0.1) is 5.04 Å². The molecule has 0 atom stereocenters. The molecule has 1 aliphatic heterocycles. The zero-order valence-electron chi connectivity index (χ0n) is 13.1. The summed E-state index contributed by atoms with van der Waals surface area (Å²) >= 11 is 1.57. The summed E-state index contributed by atoms with van der Waals surface area (Å²) in [5.74, 6) is 0.0603. The molecule has 0 aromatic heterocycles. The van der Waals surface area contributed by atoms with Crippen LogP contribution in [0.2, 0.25) is 0 Å². The molecule has 0 fully saturated rings. The van der Waals surface area contributed by atoms with Crippen molar-refractivity contribution in [2.45, 2.75) is 40.5 Å². The Morgan fingerprint density at radius 1 is 1.33 bits per heavy atom. The van der Waals surface area contributed by atoms with Crippen LogP contribution in [0.15, 0.2) is 34.4 Å².